The second kappa shape index (κ2) is 14.0. The molecule has 1 aromatic heterocycles. The second-order valence-electron chi connectivity index (χ2n) is 9.83. The van der Waals surface area contributed by atoms with Crippen LogP contribution in [0.4, 0.5) is 5.13 Å². The van der Waals surface area contributed by atoms with Gasteiger partial charge in [-0.1, -0.05) is 54.0 Å². The summed E-state index contributed by atoms with van der Waals surface area (Å²) in [5.41, 5.74) is 1.49. The lowest BCUT2D eigenvalue weighted by Crippen LogP contribution is -2.48. The van der Waals surface area contributed by atoms with E-state index >= 15 is 0 Å². The van der Waals surface area contributed by atoms with Crippen LogP contribution in [0.5, 0.6) is 0 Å². The van der Waals surface area contributed by atoms with Crippen LogP contribution in [0.15, 0.2) is 51.8 Å². The fraction of sp³-hybridized carbons (Fsp3) is 0.500. The SMILES string of the molecule is CCCCN(CCCC)S(=O)(=O)c1ccc(C(=O)NCCN2CCN(c3nc4ccc(Br)cc4s3)CC2)cc1. The van der Waals surface area contributed by atoms with Crippen LogP contribution in [-0.4, -0.2) is 80.9 Å². The Morgan fingerprint density at radius 1 is 1.03 bits per heavy atom. The Hall–Kier alpha value is -2.05. The summed E-state index contributed by atoms with van der Waals surface area (Å²) in [5, 5.41) is 4.04. The lowest BCUT2D eigenvalue weighted by molar-refractivity contribution is 0.0947. The van der Waals surface area contributed by atoms with E-state index in [0.717, 1.165) is 73.5 Å². The number of piperazine rings is 1. The Balaban J connectivity index is 1.24. The average Bonchev–Trinajstić information content (AvgIpc) is 3.36. The number of sulfonamides is 1. The van der Waals surface area contributed by atoms with Crippen molar-refractivity contribution in [3.63, 3.8) is 0 Å². The zero-order valence-corrected chi connectivity index (χ0v) is 26.0. The highest BCUT2D eigenvalue weighted by Crippen LogP contribution is 2.31. The van der Waals surface area contributed by atoms with Crippen LogP contribution >= 0.6 is 27.3 Å². The smallest absolute Gasteiger partial charge is 0.251 e. The summed E-state index contributed by atoms with van der Waals surface area (Å²) in [7, 11) is -3.57. The van der Waals surface area contributed by atoms with E-state index < -0.39 is 10.0 Å². The number of hydrogen-bond donors (Lipinski definition) is 1. The van der Waals surface area contributed by atoms with E-state index in [4.69, 9.17) is 4.98 Å². The van der Waals surface area contributed by atoms with Crippen molar-refractivity contribution in [3.05, 3.63) is 52.5 Å². The van der Waals surface area contributed by atoms with Gasteiger partial charge in [0.25, 0.3) is 5.91 Å². The van der Waals surface area contributed by atoms with E-state index in [2.05, 4.69) is 51.0 Å². The molecule has 1 aliphatic heterocycles. The number of hydrogen-bond acceptors (Lipinski definition) is 7. The number of anilines is 1. The van der Waals surface area contributed by atoms with Crippen molar-refractivity contribution in [1.82, 2.24) is 19.5 Å². The van der Waals surface area contributed by atoms with Crippen molar-refractivity contribution < 1.29 is 13.2 Å². The Morgan fingerprint density at radius 3 is 2.33 bits per heavy atom. The van der Waals surface area contributed by atoms with Crippen molar-refractivity contribution >= 4 is 58.5 Å². The minimum atomic E-state index is -3.57. The highest BCUT2D eigenvalue weighted by Gasteiger charge is 2.24. The molecular formula is C28H38BrN5O3S2. The third kappa shape index (κ3) is 7.79. The Labute approximate surface area is 244 Å². The molecule has 0 aliphatic carbocycles. The van der Waals surface area contributed by atoms with Crippen LogP contribution in [0.25, 0.3) is 10.2 Å². The van der Waals surface area contributed by atoms with Gasteiger partial charge >= 0.3 is 0 Å². The highest BCUT2D eigenvalue weighted by molar-refractivity contribution is 9.10. The van der Waals surface area contributed by atoms with Gasteiger partial charge < -0.3 is 10.2 Å². The largest absolute Gasteiger partial charge is 0.351 e. The normalized spacial score (nSPS) is 14.8. The highest BCUT2D eigenvalue weighted by atomic mass is 79.9. The topological polar surface area (TPSA) is 85.8 Å². The minimum Gasteiger partial charge on any atom is -0.351 e. The molecule has 0 radical (unpaired) electrons. The number of halogens is 1. The first-order valence-electron chi connectivity index (χ1n) is 13.7. The molecule has 1 fully saturated rings. The zero-order valence-electron chi connectivity index (χ0n) is 22.7. The first-order valence-corrected chi connectivity index (χ1v) is 16.8. The maximum Gasteiger partial charge on any atom is 0.251 e. The fourth-order valence-electron chi connectivity index (χ4n) is 4.56. The average molecular weight is 637 g/mol. The number of rotatable bonds is 13. The van der Waals surface area contributed by atoms with Gasteiger partial charge in [0.05, 0.1) is 15.1 Å². The third-order valence-corrected chi connectivity index (χ3v) is 10.5. The molecule has 1 amide bonds. The number of amides is 1. The molecule has 0 spiro atoms. The predicted molar refractivity (Wildman–Crippen MR) is 163 cm³/mol. The van der Waals surface area contributed by atoms with Crippen LogP contribution in [0.2, 0.25) is 0 Å². The van der Waals surface area contributed by atoms with Gasteiger partial charge in [0.1, 0.15) is 0 Å². The summed E-state index contributed by atoms with van der Waals surface area (Å²) in [6.07, 6.45) is 3.54. The Kier molecular flexibility index (Phi) is 10.8. The molecule has 4 rings (SSSR count). The van der Waals surface area contributed by atoms with E-state index in [1.54, 1.807) is 39.9 Å². The number of fused-ring (bicyclic) bond motifs is 1. The number of nitrogens with one attached hydrogen (secondary N) is 1. The Morgan fingerprint density at radius 2 is 1.69 bits per heavy atom. The molecule has 0 saturated carbocycles. The van der Waals surface area contributed by atoms with Gasteiger partial charge in [0.15, 0.2) is 5.13 Å². The molecule has 1 aliphatic rings. The van der Waals surface area contributed by atoms with Crippen molar-refractivity contribution in [2.24, 2.45) is 0 Å². The van der Waals surface area contributed by atoms with Crippen LogP contribution < -0.4 is 10.2 Å². The van der Waals surface area contributed by atoms with E-state index in [-0.39, 0.29) is 10.8 Å². The predicted octanol–water partition coefficient (Wildman–Crippen LogP) is 5.20. The van der Waals surface area contributed by atoms with Gasteiger partial charge in [-0.25, -0.2) is 13.4 Å². The standard InChI is InChI=1S/C28H38BrN5O3S2/c1-3-5-14-34(15-6-4-2)39(36,37)24-10-7-22(8-11-24)27(35)30-13-16-32-17-19-33(20-18-32)28-31-25-12-9-23(29)21-26(25)38-28/h7-12,21H,3-6,13-20H2,1-2H3,(H,30,35). The van der Waals surface area contributed by atoms with Crippen molar-refractivity contribution in [3.8, 4) is 0 Å². The fourth-order valence-corrected chi connectivity index (χ4v) is 7.65. The molecule has 212 valence electrons. The van der Waals surface area contributed by atoms with E-state index in [0.29, 0.717) is 25.2 Å². The number of carbonyl (C=O) groups is 1. The number of thiazole rings is 1. The first-order chi connectivity index (χ1) is 18.8. The number of nitrogens with zero attached hydrogens (tertiary/aromatic N) is 4. The molecule has 3 aromatic rings. The Bertz CT molecular complexity index is 1330. The maximum absolute atomic E-state index is 13.2. The first kappa shape index (κ1) is 29.9. The van der Waals surface area contributed by atoms with Gasteiger partial charge in [-0.05, 0) is 55.3 Å². The molecule has 39 heavy (non-hydrogen) atoms. The van der Waals surface area contributed by atoms with E-state index in [1.165, 1.54) is 4.70 Å². The van der Waals surface area contributed by atoms with Crippen molar-refractivity contribution in [2.45, 2.75) is 44.4 Å². The van der Waals surface area contributed by atoms with Crippen molar-refractivity contribution in [1.29, 1.82) is 0 Å². The van der Waals surface area contributed by atoms with E-state index in [9.17, 15) is 13.2 Å². The molecule has 0 atom stereocenters. The third-order valence-electron chi connectivity index (χ3n) is 6.97. The van der Waals surface area contributed by atoms with Crippen molar-refractivity contribution in [2.75, 3.05) is 57.3 Å². The molecule has 0 bridgehead atoms. The molecule has 1 N–H and O–H groups in total. The van der Waals surface area contributed by atoms with Gasteiger partial charge in [-0.3, -0.25) is 9.69 Å². The monoisotopic (exact) mass is 635 g/mol. The molecule has 2 aromatic carbocycles. The molecule has 11 heteroatoms. The van der Waals surface area contributed by atoms with Crippen LogP contribution in [0.1, 0.15) is 49.9 Å². The van der Waals surface area contributed by atoms with Gasteiger partial charge in [-0.2, -0.15) is 4.31 Å². The molecule has 0 unspecified atom stereocenters. The summed E-state index contributed by atoms with van der Waals surface area (Å²) < 4.78 is 30.1. The number of aromatic nitrogens is 1. The lowest BCUT2D eigenvalue weighted by Gasteiger charge is -2.34. The molecular weight excluding hydrogens is 598 g/mol. The van der Waals surface area contributed by atoms with Crippen LogP contribution in [0.3, 0.4) is 0 Å². The number of unbranched alkanes of at least 4 members (excludes halogenated alkanes) is 2. The van der Waals surface area contributed by atoms with Gasteiger partial charge in [-0.15, -0.1) is 0 Å². The minimum absolute atomic E-state index is 0.188. The summed E-state index contributed by atoms with van der Waals surface area (Å²) >= 11 is 5.25. The van der Waals surface area contributed by atoms with Gasteiger partial charge in [0, 0.05) is 62.4 Å². The van der Waals surface area contributed by atoms with E-state index in [1.807, 2.05) is 12.1 Å². The summed E-state index contributed by atoms with van der Waals surface area (Å²) in [6.45, 7) is 10.1. The quantitative estimate of drug-likeness (QED) is 0.278. The molecule has 8 nitrogen and oxygen atoms in total. The molecule has 1 saturated heterocycles. The van der Waals surface area contributed by atoms with Gasteiger partial charge in [0.2, 0.25) is 10.0 Å². The maximum atomic E-state index is 13.2. The lowest BCUT2D eigenvalue weighted by atomic mass is 10.2. The van der Waals surface area contributed by atoms with Crippen LogP contribution in [0, 0.1) is 0 Å². The summed E-state index contributed by atoms with van der Waals surface area (Å²) in [6, 6.07) is 12.5. The second-order valence-corrected chi connectivity index (χ2v) is 13.7. The summed E-state index contributed by atoms with van der Waals surface area (Å²) in [5.74, 6) is -0.188. The van der Waals surface area contributed by atoms with Crippen LogP contribution in [-0.2, 0) is 10.0 Å². The summed E-state index contributed by atoms with van der Waals surface area (Å²) in [4.78, 5) is 22.4. The number of benzene rings is 2. The zero-order chi connectivity index (χ0) is 27.8. The molecule has 2 heterocycles. The number of carbonyl (C=O) groups excluding carboxylic acids is 1.